The molecule has 0 bridgehead atoms. The van der Waals surface area contributed by atoms with Crippen molar-refractivity contribution in [3.63, 3.8) is 0 Å². The second-order valence-electron chi connectivity index (χ2n) is 5.35. The number of aromatic nitrogens is 1. The fourth-order valence-electron chi connectivity index (χ4n) is 2.49. The van der Waals surface area contributed by atoms with Gasteiger partial charge in [-0.25, -0.2) is 4.57 Å². The summed E-state index contributed by atoms with van der Waals surface area (Å²) in [6.45, 7) is 0.930. The van der Waals surface area contributed by atoms with E-state index in [1.807, 2.05) is 0 Å². The van der Waals surface area contributed by atoms with E-state index in [-0.39, 0.29) is 17.0 Å². The first-order valence-electron chi connectivity index (χ1n) is 7.46. The summed E-state index contributed by atoms with van der Waals surface area (Å²) >= 11 is 0. The van der Waals surface area contributed by atoms with Crippen LogP contribution in [-0.2, 0) is 19.4 Å². The number of benzene rings is 2. The van der Waals surface area contributed by atoms with E-state index in [4.69, 9.17) is 0 Å². The Kier molecular flexibility index (Phi) is 6.35. The molecular formula is C20H20BrN. The van der Waals surface area contributed by atoms with Crippen LogP contribution in [0, 0.1) is 0 Å². The van der Waals surface area contributed by atoms with Crippen molar-refractivity contribution >= 4 is 0 Å². The lowest BCUT2D eigenvalue weighted by Crippen LogP contribution is -3.00. The smallest absolute Gasteiger partial charge is 0.173 e. The highest BCUT2D eigenvalue weighted by Crippen LogP contribution is 2.06. The predicted molar refractivity (Wildman–Crippen MR) is 86.0 cm³/mol. The molecule has 112 valence electrons. The lowest BCUT2D eigenvalue weighted by molar-refractivity contribution is -0.688. The summed E-state index contributed by atoms with van der Waals surface area (Å²) in [6, 6.07) is 25.7. The van der Waals surface area contributed by atoms with Crippen LogP contribution in [0.5, 0.6) is 0 Å². The molecule has 0 fully saturated rings. The van der Waals surface area contributed by atoms with E-state index in [0.717, 1.165) is 19.4 Å². The Morgan fingerprint density at radius 3 is 1.55 bits per heavy atom. The van der Waals surface area contributed by atoms with Crippen LogP contribution in [0.2, 0.25) is 0 Å². The molecule has 3 rings (SSSR count). The van der Waals surface area contributed by atoms with Crippen molar-refractivity contribution in [1.82, 2.24) is 0 Å². The van der Waals surface area contributed by atoms with Gasteiger partial charge in [0.25, 0.3) is 0 Å². The van der Waals surface area contributed by atoms with E-state index >= 15 is 0 Å². The Bertz CT molecular complexity index is 663. The molecule has 1 nitrogen and oxygen atoms in total. The minimum atomic E-state index is 0. The van der Waals surface area contributed by atoms with Crippen LogP contribution in [0.25, 0.3) is 0 Å². The van der Waals surface area contributed by atoms with Gasteiger partial charge in [0.2, 0.25) is 0 Å². The average Bonchev–Trinajstić information content (AvgIpc) is 2.56. The molecule has 0 saturated heterocycles. The molecule has 1 heterocycles. The Hall–Kier alpha value is -1.93. The van der Waals surface area contributed by atoms with Crippen LogP contribution in [0.4, 0.5) is 0 Å². The van der Waals surface area contributed by atoms with Gasteiger partial charge < -0.3 is 17.0 Å². The van der Waals surface area contributed by atoms with Gasteiger partial charge in [-0.2, -0.15) is 0 Å². The van der Waals surface area contributed by atoms with Crippen molar-refractivity contribution in [3.8, 4) is 0 Å². The number of rotatable bonds is 5. The quantitative estimate of drug-likeness (QED) is 0.597. The van der Waals surface area contributed by atoms with Gasteiger partial charge in [0.1, 0.15) is 0 Å². The molecule has 0 unspecified atom stereocenters. The Morgan fingerprint density at radius 2 is 1.00 bits per heavy atom. The lowest BCUT2D eigenvalue weighted by atomic mass is 10.1. The lowest BCUT2D eigenvalue weighted by Gasteiger charge is -2.02. The minimum absolute atomic E-state index is 0. The van der Waals surface area contributed by atoms with Gasteiger partial charge >= 0.3 is 0 Å². The highest BCUT2D eigenvalue weighted by Gasteiger charge is 2.03. The molecule has 22 heavy (non-hydrogen) atoms. The van der Waals surface area contributed by atoms with Crippen molar-refractivity contribution in [2.24, 2.45) is 0 Å². The molecule has 0 radical (unpaired) electrons. The van der Waals surface area contributed by atoms with Crippen molar-refractivity contribution in [1.29, 1.82) is 0 Å². The summed E-state index contributed by atoms with van der Waals surface area (Å²) < 4.78 is 2.22. The Balaban J connectivity index is 0.00000176. The fourth-order valence-corrected chi connectivity index (χ4v) is 2.49. The molecule has 2 aromatic carbocycles. The van der Waals surface area contributed by atoms with Gasteiger partial charge in [-0.05, 0) is 24.0 Å². The zero-order valence-electron chi connectivity index (χ0n) is 12.5. The number of hydrogen-bond donors (Lipinski definition) is 0. The van der Waals surface area contributed by atoms with Crippen LogP contribution in [0.3, 0.4) is 0 Å². The first-order chi connectivity index (χ1) is 10.4. The molecule has 0 N–H and O–H groups in total. The third-order valence-electron chi connectivity index (χ3n) is 3.71. The molecule has 0 aliphatic heterocycles. The highest BCUT2D eigenvalue weighted by molar-refractivity contribution is 5.18. The van der Waals surface area contributed by atoms with E-state index in [2.05, 4.69) is 89.8 Å². The van der Waals surface area contributed by atoms with Crippen molar-refractivity contribution in [2.45, 2.75) is 19.4 Å². The third kappa shape index (κ3) is 4.81. The first-order valence-corrected chi connectivity index (χ1v) is 7.46. The monoisotopic (exact) mass is 353 g/mol. The summed E-state index contributed by atoms with van der Waals surface area (Å²) in [7, 11) is 0. The maximum Gasteiger partial charge on any atom is 0.173 e. The minimum Gasteiger partial charge on any atom is -1.00 e. The second kappa shape index (κ2) is 8.50. The van der Waals surface area contributed by atoms with Crippen molar-refractivity contribution in [3.05, 3.63) is 102 Å². The Labute approximate surface area is 143 Å². The maximum absolute atomic E-state index is 2.23. The van der Waals surface area contributed by atoms with E-state index < -0.39 is 0 Å². The fraction of sp³-hybridized carbons (Fsp3) is 0.150. The second-order valence-corrected chi connectivity index (χ2v) is 5.35. The van der Waals surface area contributed by atoms with Crippen LogP contribution in [0.15, 0.2) is 85.2 Å². The number of aryl methyl sites for hydroxylation is 2. The molecule has 0 aliphatic carbocycles. The molecular weight excluding hydrogens is 334 g/mol. The van der Waals surface area contributed by atoms with Gasteiger partial charge in [-0.1, -0.05) is 60.7 Å². The molecule has 0 saturated carbocycles. The standard InChI is InChI=1S/C20H20N.BrH/c1-3-7-18(8-4-1)11-12-19-13-15-21(16-14-19)17-20-9-5-2-6-10-20;/h1-10,13-16H,11-12,17H2;1H/q+1;/p-1. The summed E-state index contributed by atoms with van der Waals surface area (Å²) in [6.07, 6.45) is 6.54. The summed E-state index contributed by atoms with van der Waals surface area (Å²) in [4.78, 5) is 0. The summed E-state index contributed by atoms with van der Waals surface area (Å²) in [5, 5.41) is 0. The SMILES string of the molecule is [Br-].c1ccc(CCc2cc[n+](Cc3ccccc3)cc2)cc1. The zero-order chi connectivity index (χ0) is 14.3. The number of hydrogen-bond acceptors (Lipinski definition) is 0. The topological polar surface area (TPSA) is 3.88 Å². The van der Waals surface area contributed by atoms with E-state index in [1.54, 1.807) is 0 Å². The average molecular weight is 354 g/mol. The van der Waals surface area contributed by atoms with Crippen LogP contribution >= 0.6 is 0 Å². The first kappa shape index (κ1) is 16.4. The van der Waals surface area contributed by atoms with E-state index in [1.165, 1.54) is 16.7 Å². The molecule has 0 amide bonds. The Morgan fingerprint density at radius 1 is 0.545 bits per heavy atom. The zero-order valence-corrected chi connectivity index (χ0v) is 14.1. The molecule has 0 aliphatic rings. The van der Waals surface area contributed by atoms with Gasteiger partial charge in [0.15, 0.2) is 18.9 Å². The molecule has 3 aromatic rings. The molecule has 0 spiro atoms. The normalized spacial score (nSPS) is 10.0. The van der Waals surface area contributed by atoms with Gasteiger partial charge in [-0.3, -0.25) is 0 Å². The van der Waals surface area contributed by atoms with Crippen molar-refractivity contribution in [2.75, 3.05) is 0 Å². The largest absolute Gasteiger partial charge is 1.00 e. The predicted octanol–water partition coefficient (Wildman–Crippen LogP) is 0.812. The van der Waals surface area contributed by atoms with Crippen LogP contribution < -0.4 is 21.5 Å². The van der Waals surface area contributed by atoms with Gasteiger partial charge in [0.05, 0.1) is 0 Å². The van der Waals surface area contributed by atoms with E-state index in [9.17, 15) is 0 Å². The molecule has 2 heteroatoms. The summed E-state index contributed by atoms with van der Waals surface area (Å²) in [5.74, 6) is 0. The highest BCUT2D eigenvalue weighted by atomic mass is 79.9. The summed E-state index contributed by atoms with van der Waals surface area (Å²) in [5.41, 5.74) is 4.13. The third-order valence-corrected chi connectivity index (χ3v) is 3.71. The van der Waals surface area contributed by atoms with Crippen LogP contribution in [-0.4, -0.2) is 0 Å². The number of pyridine rings is 1. The number of halogens is 1. The number of nitrogens with zero attached hydrogens (tertiary/aromatic N) is 1. The maximum atomic E-state index is 2.23. The molecule has 1 aromatic heterocycles. The van der Waals surface area contributed by atoms with E-state index in [0.29, 0.717) is 0 Å². The van der Waals surface area contributed by atoms with Gasteiger partial charge in [0, 0.05) is 17.7 Å². The molecule has 0 atom stereocenters. The van der Waals surface area contributed by atoms with Gasteiger partial charge in [-0.15, -0.1) is 0 Å². The van der Waals surface area contributed by atoms with Crippen molar-refractivity contribution < 1.29 is 21.5 Å². The van der Waals surface area contributed by atoms with Crippen LogP contribution in [0.1, 0.15) is 16.7 Å².